The van der Waals surface area contributed by atoms with Crippen molar-refractivity contribution in [1.29, 1.82) is 0 Å². The zero-order valence-corrected chi connectivity index (χ0v) is 17.3. The number of fused-ring (bicyclic) bond motifs is 2. The van der Waals surface area contributed by atoms with E-state index in [-0.39, 0.29) is 18.3 Å². The zero-order chi connectivity index (χ0) is 21.8. The van der Waals surface area contributed by atoms with Crippen LogP contribution in [0.2, 0.25) is 0 Å². The number of phenolic OH excluding ortho intramolecular Hbond substituents is 1. The van der Waals surface area contributed by atoms with Crippen molar-refractivity contribution in [2.45, 2.75) is 19.4 Å². The normalized spacial score (nSPS) is 13.1. The molecule has 0 bridgehead atoms. The van der Waals surface area contributed by atoms with E-state index in [0.29, 0.717) is 17.5 Å². The molecule has 5 heteroatoms. The van der Waals surface area contributed by atoms with E-state index >= 15 is 0 Å². The van der Waals surface area contributed by atoms with E-state index in [1.165, 1.54) is 0 Å². The number of carbonyl (C=O) groups is 1. The lowest BCUT2D eigenvalue weighted by Crippen LogP contribution is -2.23. The summed E-state index contributed by atoms with van der Waals surface area (Å²) in [7, 11) is 0. The van der Waals surface area contributed by atoms with Crippen LogP contribution in [0.25, 0.3) is 21.5 Å². The Morgan fingerprint density at radius 2 is 1.58 bits per heavy atom. The Morgan fingerprint density at radius 1 is 0.903 bits per heavy atom. The number of rotatable bonds is 6. The number of carbonyl (C=O) groups excluding carboxylic acids is 1. The van der Waals surface area contributed by atoms with Gasteiger partial charge in [0.25, 0.3) is 0 Å². The van der Waals surface area contributed by atoms with Gasteiger partial charge in [-0.2, -0.15) is 0 Å². The van der Waals surface area contributed by atoms with E-state index in [1.54, 1.807) is 12.1 Å². The van der Waals surface area contributed by atoms with Gasteiger partial charge in [-0.1, -0.05) is 73.7 Å². The summed E-state index contributed by atoms with van der Waals surface area (Å²) in [6.45, 7) is 1.93. The quantitative estimate of drug-likeness (QED) is 0.360. The number of aliphatic hydroxyl groups excluding tert-OH is 1. The smallest absolute Gasteiger partial charge is 0.412 e. The van der Waals surface area contributed by atoms with Crippen molar-refractivity contribution in [2.24, 2.45) is 5.92 Å². The Kier molecular flexibility index (Phi) is 6.05. The minimum Gasteiger partial charge on any atom is -0.507 e. The molecule has 0 saturated heterocycles. The Hall–Kier alpha value is -3.57. The second-order valence-electron chi connectivity index (χ2n) is 7.69. The van der Waals surface area contributed by atoms with Crippen LogP contribution in [-0.4, -0.2) is 22.9 Å². The largest absolute Gasteiger partial charge is 0.507 e. The SMILES string of the molecule is C[C@@H](CCO)[C@@H](OC(=O)Nc1cccc2ccccc12)c1ccc(O)c2ccccc12. The topological polar surface area (TPSA) is 78.8 Å². The number of phenols is 1. The summed E-state index contributed by atoms with van der Waals surface area (Å²) in [6.07, 6.45) is -0.683. The second kappa shape index (κ2) is 9.06. The van der Waals surface area contributed by atoms with Gasteiger partial charge in [0.2, 0.25) is 0 Å². The van der Waals surface area contributed by atoms with Gasteiger partial charge in [0.15, 0.2) is 0 Å². The van der Waals surface area contributed by atoms with Gasteiger partial charge in [0.1, 0.15) is 11.9 Å². The Balaban J connectivity index is 1.66. The van der Waals surface area contributed by atoms with Crippen molar-refractivity contribution < 1.29 is 19.7 Å². The van der Waals surface area contributed by atoms with Crippen LogP contribution in [0.3, 0.4) is 0 Å². The zero-order valence-electron chi connectivity index (χ0n) is 17.3. The lowest BCUT2D eigenvalue weighted by molar-refractivity contribution is 0.0677. The molecule has 0 aliphatic rings. The molecule has 2 atom stereocenters. The van der Waals surface area contributed by atoms with Crippen molar-refractivity contribution in [2.75, 3.05) is 11.9 Å². The summed E-state index contributed by atoms with van der Waals surface area (Å²) in [5.41, 5.74) is 1.47. The van der Waals surface area contributed by atoms with Crippen LogP contribution in [0.5, 0.6) is 5.75 Å². The van der Waals surface area contributed by atoms with Crippen LogP contribution in [0.15, 0.2) is 78.9 Å². The molecule has 0 aromatic heterocycles. The first-order chi connectivity index (χ1) is 15.1. The first-order valence-corrected chi connectivity index (χ1v) is 10.4. The molecule has 0 aliphatic heterocycles. The molecule has 31 heavy (non-hydrogen) atoms. The summed E-state index contributed by atoms with van der Waals surface area (Å²) in [6, 6.07) is 24.4. The molecule has 158 valence electrons. The molecular weight excluding hydrogens is 390 g/mol. The van der Waals surface area contributed by atoms with E-state index in [0.717, 1.165) is 21.7 Å². The van der Waals surface area contributed by atoms with Gasteiger partial charge in [-0.3, -0.25) is 5.32 Å². The van der Waals surface area contributed by atoms with Gasteiger partial charge in [0.05, 0.1) is 5.69 Å². The Bertz CT molecular complexity index is 1220. The lowest BCUT2D eigenvalue weighted by Gasteiger charge is -2.26. The van der Waals surface area contributed by atoms with Crippen LogP contribution in [0.4, 0.5) is 10.5 Å². The lowest BCUT2D eigenvalue weighted by atomic mass is 9.90. The van der Waals surface area contributed by atoms with Gasteiger partial charge < -0.3 is 14.9 Å². The molecule has 0 fully saturated rings. The molecule has 4 aromatic rings. The first kappa shape index (κ1) is 20.7. The van der Waals surface area contributed by atoms with Gasteiger partial charge in [-0.05, 0) is 35.2 Å². The molecule has 5 nitrogen and oxygen atoms in total. The van der Waals surface area contributed by atoms with Gasteiger partial charge >= 0.3 is 6.09 Å². The van der Waals surface area contributed by atoms with Crippen molar-refractivity contribution in [3.05, 3.63) is 84.4 Å². The molecule has 0 aliphatic carbocycles. The highest BCUT2D eigenvalue weighted by molar-refractivity contribution is 6.00. The van der Waals surface area contributed by atoms with E-state index in [2.05, 4.69) is 5.32 Å². The maximum Gasteiger partial charge on any atom is 0.412 e. The third-order valence-corrected chi connectivity index (χ3v) is 5.60. The summed E-state index contributed by atoms with van der Waals surface area (Å²) < 4.78 is 5.91. The standard InChI is InChI=1S/C26H25NO4/c1-17(15-16-28)25(22-13-14-24(29)21-11-5-4-10-20(21)22)31-26(30)27-23-12-6-8-18-7-2-3-9-19(18)23/h2-14,17,25,28-29H,15-16H2,1H3,(H,27,30)/t17-,25+/m0/s1. The predicted molar refractivity (Wildman–Crippen MR) is 123 cm³/mol. The monoisotopic (exact) mass is 415 g/mol. The van der Waals surface area contributed by atoms with Crippen LogP contribution in [0.1, 0.15) is 25.0 Å². The highest BCUT2D eigenvalue weighted by Crippen LogP contribution is 2.37. The van der Waals surface area contributed by atoms with Crippen molar-refractivity contribution in [3.63, 3.8) is 0 Å². The third-order valence-electron chi connectivity index (χ3n) is 5.60. The average molecular weight is 415 g/mol. The molecule has 0 saturated carbocycles. The molecule has 0 radical (unpaired) electrons. The molecular formula is C26H25NO4. The van der Waals surface area contributed by atoms with Crippen LogP contribution in [0, 0.1) is 5.92 Å². The minimum absolute atomic E-state index is 0.0119. The number of nitrogens with one attached hydrogen (secondary N) is 1. The van der Waals surface area contributed by atoms with E-state index in [4.69, 9.17) is 4.74 Å². The highest BCUT2D eigenvalue weighted by Gasteiger charge is 2.26. The number of aromatic hydroxyl groups is 1. The number of ether oxygens (including phenoxy) is 1. The van der Waals surface area contributed by atoms with E-state index in [1.807, 2.05) is 73.7 Å². The molecule has 4 rings (SSSR count). The fourth-order valence-electron chi connectivity index (χ4n) is 3.98. The number of benzene rings is 4. The van der Waals surface area contributed by atoms with Crippen LogP contribution in [-0.2, 0) is 4.74 Å². The summed E-state index contributed by atoms with van der Waals surface area (Å²) in [5.74, 6) is 0.0457. The molecule has 4 aromatic carbocycles. The van der Waals surface area contributed by atoms with Crippen molar-refractivity contribution >= 4 is 33.3 Å². The molecule has 1 amide bonds. The second-order valence-corrected chi connectivity index (χ2v) is 7.69. The van der Waals surface area contributed by atoms with Gasteiger partial charge in [0, 0.05) is 22.9 Å². The number of anilines is 1. The molecule has 0 heterocycles. The highest BCUT2D eigenvalue weighted by atomic mass is 16.6. The van der Waals surface area contributed by atoms with E-state index in [9.17, 15) is 15.0 Å². The maximum absolute atomic E-state index is 12.9. The van der Waals surface area contributed by atoms with Gasteiger partial charge in [-0.15, -0.1) is 0 Å². The van der Waals surface area contributed by atoms with Crippen molar-refractivity contribution in [3.8, 4) is 5.75 Å². The summed E-state index contributed by atoms with van der Waals surface area (Å²) in [5, 5.41) is 26.0. The molecule has 3 N–H and O–H groups in total. The fourth-order valence-corrected chi connectivity index (χ4v) is 3.98. The van der Waals surface area contributed by atoms with Crippen LogP contribution >= 0.6 is 0 Å². The number of aliphatic hydroxyl groups is 1. The molecule has 0 spiro atoms. The average Bonchev–Trinajstić information content (AvgIpc) is 2.79. The summed E-state index contributed by atoms with van der Waals surface area (Å²) >= 11 is 0. The minimum atomic E-state index is -0.590. The number of amides is 1. The maximum atomic E-state index is 12.9. The predicted octanol–water partition coefficient (Wildman–Crippen LogP) is 6.01. The van der Waals surface area contributed by atoms with Gasteiger partial charge in [-0.25, -0.2) is 4.79 Å². The molecule has 0 unspecified atom stereocenters. The first-order valence-electron chi connectivity index (χ1n) is 10.4. The number of hydrogen-bond donors (Lipinski definition) is 3. The van der Waals surface area contributed by atoms with Crippen molar-refractivity contribution in [1.82, 2.24) is 0 Å². The Labute approximate surface area is 180 Å². The van der Waals surface area contributed by atoms with E-state index < -0.39 is 12.2 Å². The Morgan fingerprint density at radius 3 is 2.35 bits per heavy atom. The fraction of sp³-hybridized carbons (Fsp3) is 0.192. The van der Waals surface area contributed by atoms with Crippen LogP contribution < -0.4 is 5.32 Å². The third kappa shape index (κ3) is 4.32. The summed E-state index contributed by atoms with van der Waals surface area (Å²) in [4.78, 5) is 12.9. The number of hydrogen-bond acceptors (Lipinski definition) is 4.